The second-order valence-electron chi connectivity index (χ2n) is 2.52. The van der Waals surface area contributed by atoms with Crippen molar-refractivity contribution in [3.8, 4) is 0 Å². The zero-order chi connectivity index (χ0) is 10.7. The molecule has 76 valence electrons. The number of hydrogen-bond donors (Lipinski definition) is 1. The topological polar surface area (TPSA) is 56.0 Å². The van der Waals surface area contributed by atoms with Gasteiger partial charge < -0.3 is 5.73 Å². The van der Waals surface area contributed by atoms with Gasteiger partial charge in [-0.3, -0.25) is 4.79 Å². The van der Waals surface area contributed by atoms with E-state index in [2.05, 4.69) is 4.98 Å². The molecule has 0 saturated carbocycles. The van der Waals surface area contributed by atoms with Crippen LogP contribution in [0.2, 0.25) is 0 Å². The van der Waals surface area contributed by atoms with Crippen LogP contribution < -0.4 is 5.73 Å². The highest BCUT2D eigenvalue weighted by Gasteiger charge is 2.15. The lowest BCUT2D eigenvalue weighted by Gasteiger charge is -2.04. The first-order valence-corrected chi connectivity index (χ1v) is 4.12. The number of aromatic nitrogens is 1. The van der Waals surface area contributed by atoms with Crippen molar-refractivity contribution >= 4 is 16.8 Å². The van der Waals surface area contributed by atoms with Gasteiger partial charge in [-0.2, -0.15) is 0 Å². The Hall–Kier alpha value is -1.07. The SMILES string of the molecule is NCc1ccc(C(F)F)nc1C(=O)Cl. The molecule has 3 nitrogen and oxygen atoms in total. The first-order valence-electron chi connectivity index (χ1n) is 3.74. The Morgan fingerprint density at radius 1 is 1.57 bits per heavy atom. The maximum Gasteiger partial charge on any atom is 0.280 e. The van der Waals surface area contributed by atoms with Crippen molar-refractivity contribution in [2.24, 2.45) is 5.73 Å². The minimum absolute atomic E-state index is 0.0321. The van der Waals surface area contributed by atoms with E-state index in [9.17, 15) is 13.6 Å². The molecular weight excluding hydrogens is 214 g/mol. The van der Waals surface area contributed by atoms with E-state index >= 15 is 0 Å². The predicted molar refractivity (Wildman–Crippen MR) is 47.3 cm³/mol. The second kappa shape index (κ2) is 4.43. The standard InChI is InChI=1S/C8H7ClF2N2O/c9-7(14)6-4(3-12)1-2-5(13-6)8(10)11/h1-2,8H,3,12H2. The van der Waals surface area contributed by atoms with Crippen LogP contribution in [-0.2, 0) is 6.54 Å². The fraction of sp³-hybridized carbons (Fsp3) is 0.250. The average molecular weight is 221 g/mol. The van der Waals surface area contributed by atoms with Gasteiger partial charge in [0, 0.05) is 6.54 Å². The van der Waals surface area contributed by atoms with Crippen molar-refractivity contribution in [1.29, 1.82) is 0 Å². The number of carbonyl (C=O) groups is 1. The summed E-state index contributed by atoms with van der Waals surface area (Å²) in [5.41, 5.74) is 4.95. The van der Waals surface area contributed by atoms with Crippen LogP contribution in [0, 0.1) is 0 Å². The highest BCUT2D eigenvalue weighted by Crippen LogP contribution is 2.19. The van der Waals surface area contributed by atoms with Crippen LogP contribution >= 0.6 is 11.6 Å². The molecule has 0 saturated heterocycles. The minimum Gasteiger partial charge on any atom is -0.326 e. The summed E-state index contributed by atoms with van der Waals surface area (Å²) < 4.78 is 24.4. The van der Waals surface area contributed by atoms with Crippen LogP contribution in [0.15, 0.2) is 12.1 Å². The Morgan fingerprint density at radius 3 is 2.64 bits per heavy atom. The zero-order valence-electron chi connectivity index (χ0n) is 7.01. The van der Waals surface area contributed by atoms with E-state index in [4.69, 9.17) is 17.3 Å². The van der Waals surface area contributed by atoms with Gasteiger partial charge in [-0.05, 0) is 23.2 Å². The van der Waals surface area contributed by atoms with Gasteiger partial charge in [0.05, 0.1) is 0 Å². The number of carbonyl (C=O) groups excluding carboxylic acids is 1. The van der Waals surface area contributed by atoms with Gasteiger partial charge in [-0.1, -0.05) is 6.07 Å². The number of nitrogens with two attached hydrogens (primary N) is 1. The zero-order valence-corrected chi connectivity index (χ0v) is 7.76. The Bertz CT molecular complexity index is 357. The lowest BCUT2D eigenvalue weighted by atomic mass is 10.2. The van der Waals surface area contributed by atoms with E-state index in [0.717, 1.165) is 6.07 Å². The molecule has 0 aliphatic heterocycles. The van der Waals surface area contributed by atoms with Crippen LogP contribution in [-0.4, -0.2) is 10.2 Å². The third-order valence-corrected chi connectivity index (χ3v) is 1.81. The molecule has 14 heavy (non-hydrogen) atoms. The van der Waals surface area contributed by atoms with Gasteiger partial charge in [0.25, 0.3) is 11.7 Å². The highest BCUT2D eigenvalue weighted by molar-refractivity contribution is 6.67. The quantitative estimate of drug-likeness (QED) is 0.791. The summed E-state index contributed by atoms with van der Waals surface area (Å²) in [6.45, 7) is 0.0321. The Balaban J connectivity index is 3.21. The molecule has 0 amide bonds. The van der Waals surface area contributed by atoms with Gasteiger partial charge in [-0.25, -0.2) is 13.8 Å². The summed E-state index contributed by atoms with van der Waals surface area (Å²) in [5.74, 6) is 0. The summed E-state index contributed by atoms with van der Waals surface area (Å²) in [7, 11) is 0. The lowest BCUT2D eigenvalue weighted by molar-refractivity contribution is 0.107. The van der Waals surface area contributed by atoms with Gasteiger partial charge in [0.15, 0.2) is 0 Å². The molecule has 0 atom stereocenters. The van der Waals surface area contributed by atoms with E-state index in [1.54, 1.807) is 0 Å². The molecule has 2 N–H and O–H groups in total. The summed E-state index contributed by atoms with van der Waals surface area (Å²) >= 11 is 5.16. The maximum atomic E-state index is 12.2. The molecule has 0 aromatic carbocycles. The molecule has 0 spiro atoms. The molecule has 1 aromatic rings. The van der Waals surface area contributed by atoms with E-state index in [-0.39, 0.29) is 12.2 Å². The Morgan fingerprint density at radius 2 is 2.21 bits per heavy atom. The fourth-order valence-electron chi connectivity index (χ4n) is 0.960. The fourth-order valence-corrected chi connectivity index (χ4v) is 1.12. The predicted octanol–water partition coefficient (Wildman–Crippen LogP) is 1.86. The Labute approximate surface area is 83.9 Å². The molecule has 0 radical (unpaired) electrons. The molecular formula is C8H7ClF2N2O. The summed E-state index contributed by atoms with van der Waals surface area (Å²) in [4.78, 5) is 14.2. The molecule has 1 rings (SSSR count). The molecule has 1 heterocycles. The average Bonchev–Trinajstić information content (AvgIpc) is 2.16. The van der Waals surface area contributed by atoms with Crippen molar-refractivity contribution < 1.29 is 13.6 Å². The molecule has 0 bridgehead atoms. The first-order chi connectivity index (χ1) is 6.56. The van der Waals surface area contributed by atoms with Crippen molar-refractivity contribution in [1.82, 2.24) is 4.98 Å². The third-order valence-electron chi connectivity index (χ3n) is 1.63. The van der Waals surface area contributed by atoms with Crippen LogP contribution in [0.3, 0.4) is 0 Å². The van der Waals surface area contributed by atoms with Crippen LogP contribution in [0.25, 0.3) is 0 Å². The van der Waals surface area contributed by atoms with Gasteiger partial charge in [0.1, 0.15) is 11.4 Å². The number of nitrogens with zero attached hydrogens (tertiary/aromatic N) is 1. The van der Waals surface area contributed by atoms with Gasteiger partial charge >= 0.3 is 0 Å². The van der Waals surface area contributed by atoms with Crippen LogP contribution in [0.1, 0.15) is 28.2 Å². The largest absolute Gasteiger partial charge is 0.326 e. The first kappa shape index (κ1) is 11.0. The molecule has 0 aliphatic carbocycles. The number of alkyl halides is 2. The molecule has 0 unspecified atom stereocenters. The normalized spacial score (nSPS) is 10.6. The van der Waals surface area contributed by atoms with E-state index < -0.39 is 17.4 Å². The molecule has 1 aromatic heterocycles. The Kier molecular flexibility index (Phi) is 3.49. The molecule has 6 heteroatoms. The van der Waals surface area contributed by atoms with Crippen molar-refractivity contribution in [2.75, 3.05) is 0 Å². The highest BCUT2D eigenvalue weighted by atomic mass is 35.5. The molecule has 0 fully saturated rings. The number of hydrogen-bond acceptors (Lipinski definition) is 3. The van der Waals surface area contributed by atoms with Crippen LogP contribution in [0.4, 0.5) is 8.78 Å². The van der Waals surface area contributed by atoms with Crippen molar-refractivity contribution in [2.45, 2.75) is 13.0 Å². The van der Waals surface area contributed by atoms with Gasteiger partial charge in [-0.15, -0.1) is 0 Å². The van der Waals surface area contributed by atoms with E-state index in [1.165, 1.54) is 6.07 Å². The third kappa shape index (κ3) is 2.24. The van der Waals surface area contributed by atoms with Crippen molar-refractivity contribution in [3.05, 3.63) is 29.1 Å². The maximum absolute atomic E-state index is 12.2. The number of halogens is 3. The molecule has 0 aliphatic rings. The van der Waals surface area contributed by atoms with E-state index in [1.807, 2.05) is 0 Å². The smallest absolute Gasteiger partial charge is 0.280 e. The lowest BCUT2D eigenvalue weighted by Crippen LogP contribution is -2.08. The second-order valence-corrected chi connectivity index (χ2v) is 2.87. The minimum atomic E-state index is -2.73. The van der Waals surface area contributed by atoms with E-state index in [0.29, 0.717) is 5.56 Å². The number of rotatable bonds is 3. The monoisotopic (exact) mass is 220 g/mol. The summed E-state index contributed by atoms with van der Waals surface area (Å²) in [6, 6.07) is 2.44. The van der Waals surface area contributed by atoms with Crippen molar-refractivity contribution in [3.63, 3.8) is 0 Å². The number of pyridine rings is 1. The van der Waals surface area contributed by atoms with Gasteiger partial charge in [0.2, 0.25) is 0 Å². The summed E-state index contributed by atoms with van der Waals surface area (Å²) in [6.07, 6.45) is -2.73. The van der Waals surface area contributed by atoms with Crippen LogP contribution in [0.5, 0.6) is 0 Å². The summed E-state index contributed by atoms with van der Waals surface area (Å²) in [5, 5.41) is -0.882.